The maximum atomic E-state index is 15.2. The normalized spacial score (nSPS) is 19.3. The topological polar surface area (TPSA) is 145 Å². The third-order valence-electron chi connectivity index (χ3n) is 9.06. The fourth-order valence-corrected chi connectivity index (χ4v) is 6.93. The van der Waals surface area contributed by atoms with E-state index in [2.05, 4.69) is 30.8 Å². The average Bonchev–Trinajstić information content (AvgIpc) is 3.26. The van der Waals surface area contributed by atoms with Gasteiger partial charge < -0.3 is 16.4 Å². The van der Waals surface area contributed by atoms with Crippen LogP contribution in [0.3, 0.4) is 0 Å². The van der Waals surface area contributed by atoms with Crippen LogP contribution in [0.25, 0.3) is 16.9 Å². The van der Waals surface area contributed by atoms with Crippen molar-refractivity contribution in [2.24, 2.45) is 5.92 Å². The predicted octanol–water partition coefficient (Wildman–Crippen LogP) is 4.34. The molecule has 5 aromatic rings. The minimum atomic E-state index is -3.46. The van der Waals surface area contributed by atoms with E-state index in [9.17, 15) is 27.2 Å². The van der Waals surface area contributed by atoms with Crippen LogP contribution in [0.5, 0.6) is 0 Å². The van der Waals surface area contributed by atoms with Crippen LogP contribution in [0.15, 0.2) is 42.7 Å². The number of anilines is 1. The van der Waals surface area contributed by atoms with E-state index in [0.29, 0.717) is 28.4 Å². The summed E-state index contributed by atoms with van der Waals surface area (Å²) in [6.45, 7) is -0.555. The van der Waals surface area contributed by atoms with Crippen LogP contribution in [-0.2, 0) is 30.2 Å². The predicted molar refractivity (Wildman–Crippen MR) is 155 cm³/mol. The minimum Gasteiger partial charge on any atom is -0.383 e. The van der Waals surface area contributed by atoms with Crippen LogP contribution in [0.2, 0.25) is 0 Å². The van der Waals surface area contributed by atoms with Crippen molar-refractivity contribution < 1.29 is 35.9 Å². The van der Waals surface area contributed by atoms with E-state index in [0.717, 1.165) is 17.7 Å². The summed E-state index contributed by atoms with van der Waals surface area (Å²) in [7, 11) is 0. The zero-order valence-electron chi connectivity index (χ0n) is 24.5. The summed E-state index contributed by atoms with van der Waals surface area (Å²) in [6, 6.07) is 6.46. The molecule has 0 radical (unpaired) electrons. The molecule has 246 valence electrons. The average molecular weight is 668 g/mol. The number of aromatic nitrogens is 6. The molecule has 0 saturated heterocycles. The maximum absolute atomic E-state index is 15.2. The molecule has 4 N–H and O–H groups in total. The molecule has 1 aliphatic heterocycles. The SMILES string of the molecule is Nc1c(-c2ccc3c(c2)C(=O)NC3)c([C@H](Cc2cc(F)cc(F)c2)NC(=O)Cn2nc(C(F)F)c3c2C(F)(F)[C@@H]2C[C@H]32)nc2ncnn12. The summed E-state index contributed by atoms with van der Waals surface area (Å²) in [6.07, 6.45) is -2.18. The molecule has 0 unspecified atom stereocenters. The lowest BCUT2D eigenvalue weighted by Crippen LogP contribution is -2.35. The lowest BCUT2D eigenvalue weighted by Gasteiger charge is -2.23. The van der Waals surface area contributed by atoms with Crippen LogP contribution < -0.4 is 16.4 Å². The second kappa shape index (κ2) is 10.5. The number of nitrogen functional groups attached to an aromatic ring is 1. The van der Waals surface area contributed by atoms with Crippen LogP contribution in [0.1, 0.15) is 68.9 Å². The molecule has 1 saturated carbocycles. The van der Waals surface area contributed by atoms with E-state index in [4.69, 9.17) is 5.73 Å². The standard InChI is InChI=1S/C31H23F6N9O2/c32-15-3-12(4-16(33)7-15)5-20(42-21(47)10-45-26-23(25(44-45)27(34)35)18-8-19(18)31(26,36)37)24-22(28(38)46-30(43-24)40-11-41-46)13-1-2-14-9-39-29(48)17(14)6-13/h1-4,6-7,11,18-20,27H,5,8-10,38H2,(H,39,48)(H,42,47)/t18-,19+,20-/m0/s1. The van der Waals surface area contributed by atoms with Gasteiger partial charge >= 0.3 is 0 Å². The fraction of sp³-hybridized carbons (Fsp3) is 0.290. The van der Waals surface area contributed by atoms with Crippen LogP contribution in [-0.4, -0.2) is 41.2 Å². The Bertz CT molecular complexity index is 2160. The first kappa shape index (κ1) is 29.9. The molecule has 17 heteroatoms. The highest BCUT2D eigenvalue weighted by molar-refractivity contribution is 6.00. The fourth-order valence-electron chi connectivity index (χ4n) is 6.93. The number of hydrogen-bond donors (Lipinski definition) is 3. The number of rotatable bonds is 8. The van der Waals surface area contributed by atoms with Crippen LogP contribution in [0.4, 0.5) is 32.2 Å². The molecule has 0 bridgehead atoms. The van der Waals surface area contributed by atoms with E-state index in [1.165, 1.54) is 10.8 Å². The first-order valence-corrected chi connectivity index (χ1v) is 14.8. The minimum absolute atomic E-state index is 0.000151. The van der Waals surface area contributed by atoms with Crippen molar-refractivity contribution in [2.75, 3.05) is 5.73 Å². The second-order valence-electron chi connectivity index (χ2n) is 12.1. The number of halogens is 6. The highest BCUT2D eigenvalue weighted by atomic mass is 19.3. The van der Waals surface area contributed by atoms with Crippen molar-refractivity contribution in [2.45, 2.75) is 50.2 Å². The van der Waals surface area contributed by atoms with E-state index in [-0.39, 0.29) is 52.7 Å². The van der Waals surface area contributed by atoms with Gasteiger partial charge in [-0.1, -0.05) is 12.1 Å². The first-order valence-electron chi connectivity index (χ1n) is 14.8. The largest absolute Gasteiger partial charge is 0.383 e. The van der Waals surface area contributed by atoms with Gasteiger partial charge in [-0.15, -0.1) is 0 Å². The van der Waals surface area contributed by atoms with Gasteiger partial charge in [-0.2, -0.15) is 28.5 Å². The van der Waals surface area contributed by atoms with Crippen molar-refractivity contribution in [1.29, 1.82) is 0 Å². The molecule has 3 aliphatic rings. The summed E-state index contributed by atoms with van der Waals surface area (Å²) in [4.78, 5) is 34.8. The van der Waals surface area contributed by atoms with Crippen molar-refractivity contribution >= 4 is 23.4 Å². The number of amides is 2. The summed E-state index contributed by atoms with van der Waals surface area (Å²) < 4.78 is 88.6. The highest BCUT2D eigenvalue weighted by Gasteiger charge is 2.67. The van der Waals surface area contributed by atoms with Crippen molar-refractivity contribution in [1.82, 2.24) is 40.0 Å². The van der Waals surface area contributed by atoms with Gasteiger partial charge in [0.1, 0.15) is 41.7 Å². The zero-order valence-corrected chi connectivity index (χ0v) is 24.5. The number of carbonyl (C=O) groups excluding carboxylic acids is 2. The lowest BCUT2D eigenvalue weighted by molar-refractivity contribution is -0.123. The Morgan fingerprint density at radius 2 is 1.90 bits per heavy atom. The Kier molecular flexibility index (Phi) is 6.55. The van der Waals surface area contributed by atoms with Crippen LogP contribution >= 0.6 is 0 Å². The number of nitrogens with two attached hydrogens (primary N) is 1. The van der Waals surface area contributed by atoms with Gasteiger partial charge in [-0.3, -0.25) is 14.3 Å². The van der Waals surface area contributed by atoms with Gasteiger partial charge in [0.05, 0.1) is 11.7 Å². The number of hydrogen-bond acceptors (Lipinski definition) is 7. The molecule has 3 atom stereocenters. The molecule has 8 rings (SSSR count). The van der Waals surface area contributed by atoms with Gasteiger partial charge in [0, 0.05) is 35.2 Å². The third kappa shape index (κ3) is 4.66. The summed E-state index contributed by atoms with van der Waals surface area (Å²) >= 11 is 0. The van der Waals surface area contributed by atoms with E-state index in [1.807, 2.05) is 0 Å². The van der Waals surface area contributed by atoms with Gasteiger partial charge in [-0.25, -0.2) is 22.5 Å². The van der Waals surface area contributed by atoms with E-state index < -0.39 is 65.7 Å². The Hall–Kier alpha value is -5.48. The lowest BCUT2D eigenvalue weighted by atomic mass is 9.94. The smallest absolute Gasteiger partial charge is 0.293 e. The second-order valence-corrected chi connectivity index (χ2v) is 12.1. The van der Waals surface area contributed by atoms with Crippen molar-refractivity contribution in [3.63, 3.8) is 0 Å². The zero-order chi connectivity index (χ0) is 33.6. The van der Waals surface area contributed by atoms with E-state index >= 15 is 8.78 Å². The molecular formula is C31H23F6N9O2. The monoisotopic (exact) mass is 667 g/mol. The maximum Gasteiger partial charge on any atom is 0.293 e. The Morgan fingerprint density at radius 1 is 1.12 bits per heavy atom. The molecule has 2 aliphatic carbocycles. The third-order valence-corrected chi connectivity index (χ3v) is 9.06. The molecule has 11 nitrogen and oxygen atoms in total. The van der Waals surface area contributed by atoms with Gasteiger partial charge in [-0.05, 0) is 53.6 Å². The van der Waals surface area contributed by atoms with E-state index in [1.54, 1.807) is 18.2 Å². The molecule has 3 aromatic heterocycles. The number of nitrogens with one attached hydrogen (secondary N) is 2. The van der Waals surface area contributed by atoms with Gasteiger partial charge in [0.15, 0.2) is 0 Å². The molecule has 0 spiro atoms. The number of nitrogens with zero attached hydrogens (tertiary/aromatic N) is 6. The number of fused-ring (bicyclic) bond motifs is 5. The molecule has 48 heavy (non-hydrogen) atoms. The Morgan fingerprint density at radius 3 is 2.65 bits per heavy atom. The summed E-state index contributed by atoms with van der Waals surface area (Å²) in [5.41, 5.74) is 6.65. The Labute approximate surface area is 266 Å². The Balaban J connectivity index is 1.23. The summed E-state index contributed by atoms with van der Waals surface area (Å²) in [5, 5.41) is 13.2. The summed E-state index contributed by atoms with van der Waals surface area (Å²) in [5.74, 6) is -8.40. The molecule has 4 heterocycles. The molecule has 2 aromatic carbocycles. The van der Waals surface area contributed by atoms with Crippen molar-refractivity contribution in [3.05, 3.63) is 93.7 Å². The molecule has 2 amide bonds. The highest BCUT2D eigenvalue weighted by Crippen LogP contribution is 2.68. The quantitative estimate of drug-likeness (QED) is 0.209. The number of carbonyl (C=O) groups is 2. The number of benzene rings is 2. The van der Waals surface area contributed by atoms with Crippen molar-refractivity contribution in [3.8, 4) is 11.1 Å². The number of alkyl halides is 4. The molecule has 1 fully saturated rings. The molecular weight excluding hydrogens is 644 g/mol. The van der Waals surface area contributed by atoms with Gasteiger partial charge in [0.2, 0.25) is 5.91 Å². The first-order chi connectivity index (χ1) is 22.9. The van der Waals surface area contributed by atoms with Gasteiger partial charge in [0.25, 0.3) is 24.0 Å². The van der Waals surface area contributed by atoms with Crippen LogP contribution in [0, 0.1) is 17.6 Å².